The lowest BCUT2D eigenvalue weighted by Crippen LogP contribution is -2.41. The van der Waals surface area contributed by atoms with Crippen LogP contribution in [-0.2, 0) is 6.61 Å². The molecule has 2 aromatic carbocycles. The van der Waals surface area contributed by atoms with Crippen LogP contribution in [0.4, 0.5) is 0 Å². The molecule has 1 heterocycles. The Morgan fingerprint density at radius 2 is 1.62 bits per heavy atom. The van der Waals surface area contributed by atoms with Crippen molar-refractivity contribution < 1.29 is 14.3 Å². The number of aryl methyl sites for hydroxylation is 1. The van der Waals surface area contributed by atoms with Crippen LogP contribution in [0.3, 0.4) is 0 Å². The van der Waals surface area contributed by atoms with Gasteiger partial charge in [-0.05, 0) is 54.4 Å². The summed E-state index contributed by atoms with van der Waals surface area (Å²) < 4.78 is 5.72. The van der Waals surface area contributed by atoms with Gasteiger partial charge in [-0.15, -0.1) is 0 Å². The highest BCUT2D eigenvalue weighted by molar-refractivity contribution is 6.31. The Labute approximate surface area is 171 Å². The Kier molecular flexibility index (Phi) is 6.31. The molecule has 0 saturated heterocycles. The monoisotopic (exact) mass is 411 g/mol. The number of halogens is 1. The zero-order valence-corrected chi connectivity index (χ0v) is 16.2. The molecule has 1 aromatic heterocycles. The molecule has 7 nitrogen and oxygen atoms in total. The minimum atomic E-state index is -0.544. The highest BCUT2D eigenvalue weighted by atomic mass is 35.5. The summed E-state index contributed by atoms with van der Waals surface area (Å²) in [6.45, 7) is 2.24. The first kappa shape index (κ1) is 20.2. The molecule has 0 saturated carbocycles. The number of carbonyl (C=O) groups is 2. The predicted octanol–water partition coefficient (Wildman–Crippen LogP) is 2.99. The third-order valence-corrected chi connectivity index (χ3v) is 4.51. The summed E-state index contributed by atoms with van der Waals surface area (Å²) in [5.74, 6) is -0.305. The van der Waals surface area contributed by atoms with Crippen molar-refractivity contribution in [2.24, 2.45) is 0 Å². The number of rotatable bonds is 5. The van der Waals surface area contributed by atoms with E-state index in [-0.39, 0.29) is 11.1 Å². The van der Waals surface area contributed by atoms with Crippen LogP contribution in [0.25, 0.3) is 0 Å². The first-order valence-corrected chi connectivity index (χ1v) is 9.07. The molecule has 0 spiro atoms. The van der Waals surface area contributed by atoms with E-state index in [2.05, 4.69) is 15.8 Å². The minimum Gasteiger partial charge on any atom is -0.489 e. The molecule has 3 aromatic rings. The number of benzene rings is 2. The van der Waals surface area contributed by atoms with E-state index >= 15 is 0 Å². The number of pyridine rings is 1. The van der Waals surface area contributed by atoms with Crippen molar-refractivity contribution in [3.8, 4) is 5.75 Å². The van der Waals surface area contributed by atoms with Crippen LogP contribution in [0.5, 0.6) is 5.75 Å². The first-order chi connectivity index (χ1) is 13.9. The van der Waals surface area contributed by atoms with Crippen LogP contribution in [0.2, 0.25) is 5.02 Å². The van der Waals surface area contributed by atoms with Crippen molar-refractivity contribution in [3.05, 3.63) is 98.4 Å². The maximum absolute atomic E-state index is 12.2. The van der Waals surface area contributed by atoms with Crippen molar-refractivity contribution in [1.82, 2.24) is 15.8 Å². The fraction of sp³-hybridized carbons (Fsp3) is 0.0952. The molecule has 3 N–H and O–H groups in total. The SMILES string of the molecule is Cc1cc(OCc2ccc(C(=O)NNC(=O)c3ccc(=O)[nH]c3)cc2)ccc1Cl. The van der Waals surface area contributed by atoms with Crippen LogP contribution in [0, 0.1) is 6.92 Å². The number of aromatic amines is 1. The zero-order valence-electron chi connectivity index (χ0n) is 15.5. The maximum Gasteiger partial charge on any atom is 0.271 e. The lowest BCUT2D eigenvalue weighted by atomic mass is 10.1. The highest BCUT2D eigenvalue weighted by Gasteiger charge is 2.09. The molecule has 0 unspecified atom stereocenters. The van der Waals surface area contributed by atoms with Crippen molar-refractivity contribution in [2.45, 2.75) is 13.5 Å². The zero-order chi connectivity index (χ0) is 20.8. The number of nitrogens with one attached hydrogen (secondary N) is 3. The van der Waals surface area contributed by atoms with Gasteiger partial charge in [0.1, 0.15) is 12.4 Å². The van der Waals surface area contributed by atoms with E-state index in [0.717, 1.165) is 11.1 Å². The number of hydrazine groups is 1. The molecule has 2 amide bonds. The topological polar surface area (TPSA) is 100 Å². The molecule has 0 aliphatic heterocycles. The number of carbonyl (C=O) groups excluding carboxylic acids is 2. The summed E-state index contributed by atoms with van der Waals surface area (Å²) in [5, 5.41) is 0.681. The Morgan fingerprint density at radius 3 is 2.24 bits per heavy atom. The van der Waals surface area contributed by atoms with Gasteiger partial charge in [-0.25, -0.2) is 0 Å². The third-order valence-electron chi connectivity index (χ3n) is 4.09. The van der Waals surface area contributed by atoms with Crippen molar-refractivity contribution in [3.63, 3.8) is 0 Å². The highest BCUT2D eigenvalue weighted by Crippen LogP contribution is 2.21. The summed E-state index contributed by atoms with van der Waals surface area (Å²) in [6.07, 6.45) is 1.26. The number of aromatic nitrogens is 1. The molecule has 8 heteroatoms. The second-order valence-electron chi connectivity index (χ2n) is 6.25. The summed E-state index contributed by atoms with van der Waals surface area (Å²) in [6, 6.07) is 14.8. The van der Waals surface area contributed by atoms with E-state index in [1.165, 1.54) is 18.3 Å². The standard InChI is InChI=1S/C21H18ClN3O4/c1-13-10-17(7-8-18(13)22)29-12-14-2-4-15(5-3-14)20(27)24-25-21(28)16-6-9-19(26)23-11-16/h2-11H,12H2,1H3,(H,23,26)(H,24,27)(H,25,28). The van der Waals surface area contributed by atoms with Gasteiger partial charge in [0.25, 0.3) is 11.8 Å². The molecule has 0 aliphatic carbocycles. The summed E-state index contributed by atoms with van der Waals surface area (Å²) >= 11 is 6.00. The van der Waals surface area contributed by atoms with Crippen LogP contribution < -0.4 is 21.1 Å². The van der Waals surface area contributed by atoms with Gasteiger partial charge in [-0.3, -0.25) is 25.2 Å². The molecular weight excluding hydrogens is 394 g/mol. The van der Waals surface area contributed by atoms with Crippen LogP contribution >= 0.6 is 11.6 Å². The summed E-state index contributed by atoms with van der Waals surface area (Å²) in [7, 11) is 0. The fourth-order valence-corrected chi connectivity index (χ4v) is 2.55. The van der Waals surface area contributed by atoms with Gasteiger partial charge in [0.15, 0.2) is 0 Å². The fourth-order valence-electron chi connectivity index (χ4n) is 2.44. The smallest absolute Gasteiger partial charge is 0.271 e. The molecule has 148 valence electrons. The Balaban J connectivity index is 1.52. The van der Waals surface area contributed by atoms with Crippen molar-refractivity contribution in [1.29, 1.82) is 0 Å². The molecule has 29 heavy (non-hydrogen) atoms. The molecule has 0 atom stereocenters. The average molecular weight is 412 g/mol. The molecule has 0 bridgehead atoms. The molecule has 3 rings (SSSR count). The quantitative estimate of drug-likeness (QED) is 0.562. The number of amides is 2. The Hall–Kier alpha value is -3.58. The van der Waals surface area contributed by atoms with E-state index in [1.54, 1.807) is 36.4 Å². The number of hydrogen-bond donors (Lipinski definition) is 3. The third kappa shape index (κ3) is 5.46. The van der Waals surface area contributed by atoms with E-state index in [0.29, 0.717) is 22.9 Å². The summed E-state index contributed by atoms with van der Waals surface area (Å²) in [5.41, 5.74) is 6.70. The second kappa shape index (κ2) is 9.07. The van der Waals surface area contributed by atoms with E-state index in [4.69, 9.17) is 16.3 Å². The van der Waals surface area contributed by atoms with Crippen molar-refractivity contribution >= 4 is 23.4 Å². The van der Waals surface area contributed by atoms with Crippen molar-refractivity contribution in [2.75, 3.05) is 0 Å². The van der Waals surface area contributed by atoms with Crippen LogP contribution in [0.15, 0.2) is 65.6 Å². The summed E-state index contributed by atoms with van der Waals surface area (Å²) in [4.78, 5) is 37.5. The molecule has 0 aliphatic rings. The van der Waals surface area contributed by atoms with Crippen LogP contribution in [0.1, 0.15) is 31.8 Å². The van der Waals surface area contributed by atoms with Crippen LogP contribution in [-0.4, -0.2) is 16.8 Å². The number of ether oxygens (including phenoxy) is 1. The lowest BCUT2D eigenvalue weighted by Gasteiger charge is -2.09. The van der Waals surface area contributed by atoms with E-state index < -0.39 is 11.8 Å². The Bertz CT molecular complexity index is 1070. The molecular formula is C21H18ClN3O4. The first-order valence-electron chi connectivity index (χ1n) is 8.70. The van der Waals surface area contributed by atoms with Gasteiger partial charge in [0, 0.05) is 22.8 Å². The predicted molar refractivity (Wildman–Crippen MR) is 109 cm³/mol. The van der Waals surface area contributed by atoms with Gasteiger partial charge in [-0.1, -0.05) is 23.7 Å². The maximum atomic E-state index is 12.2. The molecule has 0 radical (unpaired) electrons. The van der Waals surface area contributed by atoms with Gasteiger partial charge in [0.2, 0.25) is 5.56 Å². The normalized spacial score (nSPS) is 10.3. The lowest BCUT2D eigenvalue weighted by molar-refractivity contribution is 0.0846. The van der Waals surface area contributed by atoms with Gasteiger partial charge in [-0.2, -0.15) is 0 Å². The second-order valence-corrected chi connectivity index (χ2v) is 6.65. The minimum absolute atomic E-state index is 0.217. The van der Waals surface area contributed by atoms with Gasteiger partial charge >= 0.3 is 0 Å². The average Bonchev–Trinajstić information content (AvgIpc) is 2.73. The number of hydrogen-bond acceptors (Lipinski definition) is 4. The van der Waals surface area contributed by atoms with E-state index in [1.807, 2.05) is 13.0 Å². The van der Waals surface area contributed by atoms with Gasteiger partial charge < -0.3 is 9.72 Å². The number of H-pyrrole nitrogens is 1. The largest absolute Gasteiger partial charge is 0.489 e. The molecule has 0 fully saturated rings. The van der Waals surface area contributed by atoms with Gasteiger partial charge in [0.05, 0.1) is 5.56 Å². The van der Waals surface area contributed by atoms with E-state index in [9.17, 15) is 14.4 Å². The Morgan fingerprint density at radius 1 is 0.966 bits per heavy atom.